The molecule has 70 valence electrons. The van der Waals surface area contributed by atoms with Crippen LogP contribution in [-0.4, -0.2) is 24.5 Å². The van der Waals surface area contributed by atoms with Gasteiger partial charge < -0.3 is 0 Å². The average molecular weight is 167 g/mol. The highest BCUT2D eigenvalue weighted by atomic mass is 15.1. The number of allylic oxidation sites excluding steroid dienone is 1. The van der Waals surface area contributed by atoms with Crippen LogP contribution >= 0.6 is 0 Å². The summed E-state index contributed by atoms with van der Waals surface area (Å²) >= 11 is 0. The first-order valence-electron chi connectivity index (χ1n) is 5.08. The summed E-state index contributed by atoms with van der Waals surface area (Å²) in [6.45, 7) is 10.5. The molecule has 0 bridgehead atoms. The first-order valence-corrected chi connectivity index (χ1v) is 5.08. The molecule has 12 heavy (non-hydrogen) atoms. The third-order valence-electron chi connectivity index (χ3n) is 2.29. The van der Waals surface area contributed by atoms with E-state index < -0.39 is 0 Å². The zero-order valence-electron chi connectivity index (χ0n) is 8.64. The zero-order valence-corrected chi connectivity index (χ0v) is 8.64. The normalized spacial score (nSPS) is 20.8. The maximum atomic E-state index is 2.55. The van der Waals surface area contributed by atoms with Crippen LogP contribution in [0.2, 0.25) is 0 Å². The van der Waals surface area contributed by atoms with Gasteiger partial charge in [0.2, 0.25) is 0 Å². The summed E-state index contributed by atoms with van der Waals surface area (Å²) in [5.74, 6) is 0.701. The molecule has 0 aromatic carbocycles. The topological polar surface area (TPSA) is 3.24 Å². The summed E-state index contributed by atoms with van der Waals surface area (Å²) in [4.78, 5) is 2.55. The standard InChI is InChI=1S/C11H21N/c1-10(2)8-11(3)9-12-6-4-5-7-12/h8,10H,4-7,9H2,1-3H3/b11-8-. The van der Waals surface area contributed by atoms with Crippen molar-refractivity contribution in [2.45, 2.75) is 33.6 Å². The molecule has 1 heterocycles. The average Bonchev–Trinajstić information content (AvgIpc) is 2.37. The quantitative estimate of drug-likeness (QED) is 0.584. The minimum absolute atomic E-state index is 0.701. The molecule has 0 aromatic heterocycles. The van der Waals surface area contributed by atoms with Gasteiger partial charge in [-0.05, 0) is 38.8 Å². The number of likely N-dealkylation sites (tertiary alicyclic amines) is 1. The van der Waals surface area contributed by atoms with Gasteiger partial charge in [-0.15, -0.1) is 0 Å². The highest BCUT2D eigenvalue weighted by Crippen LogP contribution is 2.10. The molecule has 1 saturated heterocycles. The molecular weight excluding hydrogens is 146 g/mol. The highest BCUT2D eigenvalue weighted by Gasteiger charge is 2.10. The first-order chi connectivity index (χ1) is 5.68. The van der Waals surface area contributed by atoms with Crippen LogP contribution in [0.25, 0.3) is 0 Å². The lowest BCUT2D eigenvalue weighted by Gasteiger charge is -2.15. The van der Waals surface area contributed by atoms with Crippen LogP contribution in [-0.2, 0) is 0 Å². The van der Waals surface area contributed by atoms with Crippen molar-refractivity contribution in [3.05, 3.63) is 11.6 Å². The molecule has 0 atom stereocenters. The van der Waals surface area contributed by atoms with Gasteiger partial charge in [0.05, 0.1) is 0 Å². The van der Waals surface area contributed by atoms with E-state index in [1.165, 1.54) is 38.0 Å². The fourth-order valence-corrected chi connectivity index (χ4v) is 1.92. The molecule has 1 fully saturated rings. The van der Waals surface area contributed by atoms with Crippen molar-refractivity contribution < 1.29 is 0 Å². The Morgan fingerprint density at radius 1 is 1.33 bits per heavy atom. The van der Waals surface area contributed by atoms with Crippen molar-refractivity contribution in [2.24, 2.45) is 5.92 Å². The Labute approximate surface area is 76.5 Å². The Hall–Kier alpha value is -0.300. The molecule has 1 aliphatic rings. The van der Waals surface area contributed by atoms with E-state index in [9.17, 15) is 0 Å². The van der Waals surface area contributed by atoms with Crippen molar-refractivity contribution in [3.8, 4) is 0 Å². The van der Waals surface area contributed by atoms with Crippen molar-refractivity contribution in [1.82, 2.24) is 4.90 Å². The van der Waals surface area contributed by atoms with Crippen LogP contribution < -0.4 is 0 Å². The van der Waals surface area contributed by atoms with E-state index in [1.54, 1.807) is 0 Å². The van der Waals surface area contributed by atoms with Gasteiger partial charge in [-0.3, -0.25) is 4.90 Å². The molecule has 1 aliphatic heterocycles. The molecule has 0 unspecified atom stereocenters. The van der Waals surface area contributed by atoms with Gasteiger partial charge in [0, 0.05) is 6.54 Å². The predicted molar refractivity (Wildman–Crippen MR) is 54.3 cm³/mol. The van der Waals surface area contributed by atoms with Crippen molar-refractivity contribution in [2.75, 3.05) is 19.6 Å². The zero-order chi connectivity index (χ0) is 8.97. The van der Waals surface area contributed by atoms with Gasteiger partial charge in [0.15, 0.2) is 0 Å². The van der Waals surface area contributed by atoms with Gasteiger partial charge in [-0.1, -0.05) is 25.5 Å². The summed E-state index contributed by atoms with van der Waals surface area (Å²) in [7, 11) is 0. The van der Waals surface area contributed by atoms with E-state index in [0.29, 0.717) is 5.92 Å². The van der Waals surface area contributed by atoms with Gasteiger partial charge >= 0.3 is 0 Å². The fraction of sp³-hybridized carbons (Fsp3) is 0.818. The summed E-state index contributed by atoms with van der Waals surface area (Å²) in [6, 6.07) is 0. The molecule has 0 N–H and O–H groups in total. The maximum absolute atomic E-state index is 2.55. The number of rotatable bonds is 3. The third kappa shape index (κ3) is 3.40. The lowest BCUT2D eigenvalue weighted by atomic mass is 10.1. The Bertz CT molecular complexity index is 152. The van der Waals surface area contributed by atoms with Crippen LogP contribution in [0.15, 0.2) is 11.6 Å². The number of hydrogen-bond donors (Lipinski definition) is 0. The SMILES string of the molecule is C/C(=C/C(C)C)CN1CCCC1. The molecule has 1 rings (SSSR count). The van der Waals surface area contributed by atoms with Gasteiger partial charge in [-0.2, -0.15) is 0 Å². The molecular formula is C11H21N. The predicted octanol–water partition coefficient (Wildman–Crippen LogP) is 2.68. The molecule has 0 aliphatic carbocycles. The van der Waals surface area contributed by atoms with Crippen LogP contribution in [0.3, 0.4) is 0 Å². The van der Waals surface area contributed by atoms with E-state index in [-0.39, 0.29) is 0 Å². The Balaban J connectivity index is 2.29. The van der Waals surface area contributed by atoms with Crippen LogP contribution in [0.5, 0.6) is 0 Å². The number of hydrogen-bond acceptors (Lipinski definition) is 1. The van der Waals surface area contributed by atoms with E-state index in [4.69, 9.17) is 0 Å². The first kappa shape index (κ1) is 9.79. The van der Waals surface area contributed by atoms with Crippen LogP contribution in [0, 0.1) is 5.92 Å². The van der Waals surface area contributed by atoms with E-state index in [1.807, 2.05) is 0 Å². The molecule has 0 spiro atoms. The Kier molecular flexibility index (Phi) is 3.80. The molecule has 0 saturated carbocycles. The molecule has 0 amide bonds. The molecule has 0 aromatic rings. The molecule has 1 nitrogen and oxygen atoms in total. The van der Waals surface area contributed by atoms with Crippen molar-refractivity contribution in [1.29, 1.82) is 0 Å². The summed E-state index contributed by atoms with van der Waals surface area (Å²) in [5, 5.41) is 0. The largest absolute Gasteiger partial charge is 0.299 e. The van der Waals surface area contributed by atoms with E-state index in [2.05, 4.69) is 31.7 Å². The lowest BCUT2D eigenvalue weighted by Crippen LogP contribution is -2.21. The summed E-state index contributed by atoms with van der Waals surface area (Å²) < 4.78 is 0. The highest BCUT2D eigenvalue weighted by molar-refractivity contribution is 5.02. The second-order valence-electron chi connectivity index (χ2n) is 4.24. The molecule has 0 radical (unpaired) electrons. The van der Waals surface area contributed by atoms with Crippen LogP contribution in [0.4, 0.5) is 0 Å². The fourth-order valence-electron chi connectivity index (χ4n) is 1.92. The maximum Gasteiger partial charge on any atom is 0.0190 e. The second kappa shape index (κ2) is 4.66. The van der Waals surface area contributed by atoms with Crippen molar-refractivity contribution in [3.63, 3.8) is 0 Å². The van der Waals surface area contributed by atoms with Gasteiger partial charge in [0.1, 0.15) is 0 Å². The van der Waals surface area contributed by atoms with Crippen LogP contribution in [0.1, 0.15) is 33.6 Å². The summed E-state index contributed by atoms with van der Waals surface area (Å²) in [5.41, 5.74) is 1.53. The Morgan fingerprint density at radius 3 is 2.42 bits per heavy atom. The minimum Gasteiger partial charge on any atom is -0.299 e. The minimum atomic E-state index is 0.701. The number of nitrogens with zero attached hydrogens (tertiary/aromatic N) is 1. The van der Waals surface area contributed by atoms with Gasteiger partial charge in [0.25, 0.3) is 0 Å². The Morgan fingerprint density at radius 2 is 1.92 bits per heavy atom. The van der Waals surface area contributed by atoms with E-state index >= 15 is 0 Å². The van der Waals surface area contributed by atoms with Crippen molar-refractivity contribution >= 4 is 0 Å². The smallest absolute Gasteiger partial charge is 0.0190 e. The summed E-state index contributed by atoms with van der Waals surface area (Å²) in [6.07, 6.45) is 5.17. The second-order valence-corrected chi connectivity index (χ2v) is 4.24. The monoisotopic (exact) mass is 167 g/mol. The van der Waals surface area contributed by atoms with Gasteiger partial charge in [-0.25, -0.2) is 0 Å². The third-order valence-corrected chi connectivity index (χ3v) is 2.29. The lowest BCUT2D eigenvalue weighted by molar-refractivity contribution is 0.367. The molecule has 1 heteroatoms. The van der Waals surface area contributed by atoms with E-state index in [0.717, 1.165) is 0 Å².